The summed E-state index contributed by atoms with van der Waals surface area (Å²) in [6.07, 6.45) is 4.49. The maximum Gasteiger partial charge on any atom is 0.227 e. The molecule has 1 aliphatic rings. The zero-order valence-corrected chi connectivity index (χ0v) is 11.9. The van der Waals surface area contributed by atoms with Gasteiger partial charge in [0, 0.05) is 38.4 Å². The van der Waals surface area contributed by atoms with Gasteiger partial charge < -0.3 is 19.8 Å². The van der Waals surface area contributed by atoms with Gasteiger partial charge in [-0.25, -0.2) is 4.98 Å². The fourth-order valence-corrected chi connectivity index (χ4v) is 2.65. The van der Waals surface area contributed by atoms with Gasteiger partial charge in [0.05, 0.1) is 24.8 Å². The van der Waals surface area contributed by atoms with Gasteiger partial charge in [0.1, 0.15) is 5.65 Å². The molecule has 1 unspecified atom stereocenters. The molecule has 1 amide bonds. The zero-order chi connectivity index (χ0) is 14.7. The summed E-state index contributed by atoms with van der Waals surface area (Å²) in [6.45, 7) is 2.86. The first-order valence-corrected chi connectivity index (χ1v) is 7.27. The molecule has 2 aromatic heterocycles. The van der Waals surface area contributed by atoms with Gasteiger partial charge in [-0.3, -0.25) is 4.79 Å². The summed E-state index contributed by atoms with van der Waals surface area (Å²) < 4.78 is 7.24. The topological polar surface area (TPSA) is 72.9 Å². The van der Waals surface area contributed by atoms with E-state index in [2.05, 4.69) is 4.98 Å². The minimum atomic E-state index is -0.215. The Morgan fingerprint density at radius 2 is 2.19 bits per heavy atom. The molecule has 2 N–H and O–H groups in total. The van der Waals surface area contributed by atoms with E-state index < -0.39 is 0 Å². The van der Waals surface area contributed by atoms with Crippen molar-refractivity contribution in [3.8, 4) is 0 Å². The number of hydrogen-bond acceptors (Lipinski definition) is 4. The predicted molar refractivity (Wildman–Crippen MR) is 78.8 cm³/mol. The van der Waals surface area contributed by atoms with Crippen LogP contribution in [0.25, 0.3) is 5.65 Å². The van der Waals surface area contributed by atoms with Crippen molar-refractivity contribution in [1.29, 1.82) is 0 Å². The van der Waals surface area contributed by atoms with Crippen molar-refractivity contribution in [2.45, 2.75) is 6.42 Å². The lowest BCUT2D eigenvalue weighted by molar-refractivity contribution is -0.139. The Labute approximate surface area is 123 Å². The highest BCUT2D eigenvalue weighted by Crippen LogP contribution is 2.13. The molecule has 0 saturated carbocycles. The number of nitrogens with zero attached hydrogens (tertiary/aromatic N) is 3. The summed E-state index contributed by atoms with van der Waals surface area (Å²) in [6, 6.07) is 5.86. The van der Waals surface area contributed by atoms with Crippen molar-refractivity contribution < 1.29 is 9.53 Å². The third-order valence-electron chi connectivity index (χ3n) is 3.83. The van der Waals surface area contributed by atoms with Crippen LogP contribution in [0.2, 0.25) is 0 Å². The molecule has 6 heteroatoms. The van der Waals surface area contributed by atoms with E-state index in [0.29, 0.717) is 39.3 Å². The molecule has 0 aliphatic carbocycles. The number of rotatable bonds is 4. The number of amides is 1. The third-order valence-corrected chi connectivity index (χ3v) is 3.83. The highest BCUT2D eigenvalue weighted by atomic mass is 16.5. The number of ether oxygens (including phenoxy) is 1. The molecule has 2 aromatic rings. The molecular weight excluding hydrogens is 268 g/mol. The second-order valence-electron chi connectivity index (χ2n) is 5.27. The Balaban J connectivity index is 1.72. The Kier molecular flexibility index (Phi) is 4.17. The molecule has 112 valence electrons. The summed E-state index contributed by atoms with van der Waals surface area (Å²) in [5, 5.41) is 0. The van der Waals surface area contributed by atoms with Crippen LogP contribution in [-0.2, 0) is 16.0 Å². The second-order valence-corrected chi connectivity index (χ2v) is 5.27. The molecule has 0 bridgehead atoms. The van der Waals surface area contributed by atoms with Crippen molar-refractivity contribution in [2.75, 3.05) is 32.8 Å². The number of aromatic nitrogens is 2. The van der Waals surface area contributed by atoms with E-state index in [1.807, 2.05) is 39.9 Å². The molecule has 21 heavy (non-hydrogen) atoms. The largest absolute Gasteiger partial charge is 0.378 e. The monoisotopic (exact) mass is 288 g/mol. The molecule has 6 nitrogen and oxygen atoms in total. The molecule has 1 saturated heterocycles. The van der Waals surface area contributed by atoms with Gasteiger partial charge in [0.2, 0.25) is 5.91 Å². The summed E-state index contributed by atoms with van der Waals surface area (Å²) in [5.74, 6) is -0.106. The fraction of sp³-hybridized carbons (Fsp3) is 0.467. The number of fused-ring (bicyclic) bond motifs is 1. The molecule has 0 radical (unpaired) electrons. The standard InChI is InChI=1S/C15H20N4O2/c16-10-12(15(20)18-5-7-21-8-6-18)9-13-11-19-4-2-1-3-14(19)17-13/h1-4,11-12H,5-10,16H2. The van der Waals surface area contributed by atoms with Gasteiger partial charge >= 0.3 is 0 Å². The summed E-state index contributed by atoms with van der Waals surface area (Å²) in [5.41, 5.74) is 7.60. The van der Waals surface area contributed by atoms with Gasteiger partial charge in [0.25, 0.3) is 0 Å². The Morgan fingerprint density at radius 1 is 1.38 bits per heavy atom. The van der Waals surface area contributed by atoms with E-state index in [4.69, 9.17) is 10.5 Å². The van der Waals surface area contributed by atoms with Crippen LogP contribution >= 0.6 is 0 Å². The average molecular weight is 288 g/mol. The highest BCUT2D eigenvalue weighted by molar-refractivity contribution is 5.79. The smallest absolute Gasteiger partial charge is 0.227 e. The SMILES string of the molecule is NCC(Cc1cn2ccccc2n1)C(=O)N1CCOCC1. The van der Waals surface area contributed by atoms with E-state index >= 15 is 0 Å². The van der Waals surface area contributed by atoms with E-state index in [-0.39, 0.29) is 11.8 Å². The van der Waals surface area contributed by atoms with Gasteiger partial charge in [-0.2, -0.15) is 0 Å². The fourth-order valence-electron chi connectivity index (χ4n) is 2.65. The summed E-state index contributed by atoms with van der Waals surface area (Å²) >= 11 is 0. The highest BCUT2D eigenvalue weighted by Gasteiger charge is 2.25. The Bertz CT molecular complexity index is 586. The number of pyridine rings is 1. The van der Waals surface area contributed by atoms with Crippen molar-refractivity contribution in [3.05, 3.63) is 36.3 Å². The van der Waals surface area contributed by atoms with Crippen LogP contribution in [0, 0.1) is 5.92 Å². The molecule has 1 fully saturated rings. The first-order valence-electron chi connectivity index (χ1n) is 7.27. The van der Waals surface area contributed by atoms with E-state index in [1.54, 1.807) is 0 Å². The number of hydrogen-bond donors (Lipinski definition) is 1. The molecule has 1 atom stereocenters. The third kappa shape index (κ3) is 3.06. The van der Waals surface area contributed by atoms with Gasteiger partial charge in [-0.1, -0.05) is 6.07 Å². The first kappa shape index (κ1) is 14.0. The Hall–Kier alpha value is -1.92. The molecule has 3 rings (SSSR count). The molecule has 0 spiro atoms. The van der Waals surface area contributed by atoms with Crippen LogP contribution in [0.15, 0.2) is 30.6 Å². The molecular formula is C15H20N4O2. The van der Waals surface area contributed by atoms with Crippen LogP contribution in [0.5, 0.6) is 0 Å². The maximum absolute atomic E-state index is 12.5. The molecule has 0 aromatic carbocycles. The number of carbonyl (C=O) groups is 1. The van der Waals surface area contributed by atoms with Gasteiger partial charge in [0.15, 0.2) is 0 Å². The first-order chi connectivity index (χ1) is 10.3. The van der Waals surface area contributed by atoms with Crippen molar-refractivity contribution in [2.24, 2.45) is 11.7 Å². The molecule has 3 heterocycles. The quantitative estimate of drug-likeness (QED) is 0.879. The minimum absolute atomic E-state index is 0.109. The Morgan fingerprint density at radius 3 is 2.90 bits per heavy atom. The van der Waals surface area contributed by atoms with Gasteiger partial charge in [-0.15, -0.1) is 0 Å². The number of carbonyl (C=O) groups excluding carboxylic acids is 1. The average Bonchev–Trinajstić information content (AvgIpc) is 2.95. The predicted octanol–water partition coefficient (Wildman–Crippen LogP) is 0.310. The summed E-state index contributed by atoms with van der Waals surface area (Å²) in [7, 11) is 0. The van der Waals surface area contributed by atoms with Crippen LogP contribution in [-0.4, -0.2) is 53.0 Å². The number of imidazole rings is 1. The maximum atomic E-state index is 12.5. The van der Waals surface area contributed by atoms with E-state index in [1.165, 1.54) is 0 Å². The van der Waals surface area contributed by atoms with Crippen LogP contribution in [0.1, 0.15) is 5.69 Å². The van der Waals surface area contributed by atoms with Crippen LogP contribution in [0.4, 0.5) is 0 Å². The number of morpholine rings is 1. The zero-order valence-electron chi connectivity index (χ0n) is 11.9. The van der Waals surface area contributed by atoms with E-state index in [0.717, 1.165) is 11.3 Å². The van der Waals surface area contributed by atoms with Crippen molar-refractivity contribution in [1.82, 2.24) is 14.3 Å². The number of nitrogens with two attached hydrogens (primary N) is 1. The lowest BCUT2D eigenvalue weighted by atomic mass is 10.0. The van der Waals surface area contributed by atoms with Crippen molar-refractivity contribution >= 4 is 11.6 Å². The van der Waals surface area contributed by atoms with Crippen LogP contribution in [0.3, 0.4) is 0 Å². The normalized spacial score (nSPS) is 17.1. The summed E-state index contributed by atoms with van der Waals surface area (Å²) in [4.78, 5) is 18.9. The lowest BCUT2D eigenvalue weighted by Gasteiger charge is -2.29. The van der Waals surface area contributed by atoms with Crippen molar-refractivity contribution in [3.63, 3.8) is 0 Å². The lowest BCUT2D eigenvalue weighted by Crippen LogP contribution is -2.46. The van der Waals surface area contributed by atoms with Gasteiger partial charge in [-0.05, 0) is 12.1 Å². The minimum Gasteiger partial charge on any atom is -0.378 e. The molecule has 1 aliphatic heterocycles. The second kappa shape index (κ2) is 6.24. The van der Waals surface area contributed by atoms with E-state index in [9.17, 15) is 4.79 Å². The van der Waals surface area contributed by atoms with Crippen LogP contribution < -0.4 is 5.73 Å².